The molecule has 6 nitrogen and oxygen atoms in total. The first kappa shape index (κ1) is 11.1. The Morgan fingerprint density at radius 2 is 2.06 bits per heavy atom. The van der Waals surface area contributed by atoms with Crippen LogP contribution in [0.4, 0.5) is 5.88 Å². The van der Waals surface area contributed by atoms with E-state index in [4.69, 9.17) is 19.7 Å². The number of hydrogen-bond donors (Lipinski definition) is 2. The standard InChI is InChI=1S/C11H12N2O4/c1-15-9-4-6(3-8(14)10(9)16-2)7-5-13-17-11(7)12/h3-5,14H,12H2,1-2H3. The second-order valence-corrected chi connectivity index (χ2v) is 3.33. The lowest BCUT2D eigenvalue weighted by Gasteiger charge is -2.10. The van der Waals surface area contributed by atoms with Gasteiger partial charge in [0.15, 0.2) is 11.5 Å². The zero-order chi connectivity index (χ0) is 12.4. The van der Waals surface area contributed by atoms with Crippen LogP contribution in [0.25, 0.3) is 11.1 Å². The van der Waals surface area contributed by atoms with Crippen LogP contribution < -0.4 is 15.2 Å². The predicted octanol–water partition coefficient (Wildman–Crippen LogP) is 1.65. The average Bonchev–Trinajstić information content (AvgIpc) is 2.74. The van der Waals surface area contributed by atoms with Gasteiger partial charge in [-0.05, 0) is 17.7 Å². The van der Waals surface area contributed by atoms with Gasteiger partial charge in [0.25, 0.3) is 0 Å². The molecule has 1 aromatic heterocycles. The van der Waals surface area contributed by atoms with Crippen molar-refractivity contribution < 1.29 is 19.1 Å². The Balaban J connectivity index is 2.58. The number of nitrogens with two attached hydrogens (primary N) is 1. The zero-order valence-corrected chi connectivity index (χ0v) is 9.43. The molecule has 1 heterocycles. The molecule has 0 radical (unpaired) electrons. The largest absolute Gasteiger partial charge is 0.504 e. The normalized spacial score (nSPS) is 10.2. The maximum absolute atomic E-state index is 9.80. The maximum Gasteiger partial charge on any atom is 0.229 e. The van der Waals surface area contributed by atoms with Gasteiger partial charge < -0.3 is 24.8 Å². The summed E-state index contributed by atoms with van der Waals surface area (Å²) >= 11 is 0. The van der Waals surface area contributed by atoms with Crippen molar-refractivity contribution in [2.24, 2.45) is 0 Å². The highest BCUT2D eigenvalue weighted by Gasteiger charge is 2.15. The second-order valence-electron chi connectivity index (χ2n) is 3.33. The van der Waals surface area contributed by atoms with Gasteiger partial charge in [-0.2, -0.15) is 0 Å². The van der Waals surface area contributed by atoms with E-state index in [2.05, 4.69) is 5.16 Å². The van der Waals surface area contributed by atoms with E-state index in [1.54, 1.807) is 6.07 Å². The summed E-state index contributed by atoms with van der Waals surface area (Å²) in [5, 5.41) is 13.4. The lowest BCUT2D eigenvalue weighted by Crippen LogP contribution is -1.92. The summed E-state index contributed by atoms with van der Waals surface area (Å²) in [5.74, 6) is 0.813. The van der Waals surface area contributed by atoms with Gasteiger partial charge in [-0.3, -0.25) is 0 Å². The van der Waals surface area contributed by atoms with Gasteiger partial charge in [-0.15, -0.1) is 0 Å². The minimum atomic E-state index is -0.0394. The third-order valence-corrected chi connectivity index (χ3v) is 2.37. The number of hydrogen-bond acceptors (Lipinski definition) is 6. The Morgan fingerprint density at radius 3 is 2.59 bits per heavy atom. The van der Waals surface area contributed by atoms with Crippen LogP contribution in [0.15, 0.2) is 22.9 Å². The van der Waals surface area contributed by atoms with E-state index in [-0.39, 0.29) is 17.4 Å². The van der Waals surface area contributed by atoms with Crippen LogP contribution in [0.2, 0.25) is 0 Å². The molecule has 0 bridgehead atoms. The molecule has 1 aromatic carbocycles. The SMILES string of the molecule is COc1cc(-c2cnoc2N)cc(O)c1OC. The number of phenols is 1. The molecule has 0 aliphatic rings. The number of nitrogen functional groups attached to an aromatic ring is 1. The highest BCUT2D eigenvalue weighted by molar-refractivity contribution is 5.76. The third-order valence-electron chi connectivity index (χ3n) is 2.37. The molecule has 0 aliphatic heterocycles. The van der Waals surface area contributed by atoms with E-state index in [0.29, 0.717) is 16.9 Å². The van der Waals surface area contributed by atoms with E-state index < -0.39 is 0 Å². The summed E-state index contributed by atoms with van der Waals surface area (Å²) in [7, 11) is 2.93. The molecule has 0 saturated heterocycles. The number of rotatable bonds is 3. The van der Waals surface area contributed by atoms with Gasteiger partial charge in [0.2, 0.25) is 11.6 Å². The van der Waals surface area contributed by atoms with Crippen molar-refractivity contribution in [2.45, 2.75) is 0 Å². The molecule has 17 heavy (non-hydrogen) atoms. The Bertz CT molecular complexity index is 536. The molecule has 3 N–H and O–H groups in total. The van der Waals surface area contributed by atoms with Gasteiger partial charge in [-0.25, -0.2) is 0 Å². The van der Waals surface area contributed by atoms with Crippen LogP contribution in [0, 0.1) is 0 Å². The van der Waals surface area contributed by atoms with Crippen LogP contribution in [0.5, 0.6) is 17.2 Å². The van der Waals surface area contributed by atoms with Crippen molar-refractivity contribution in [2.75, 3.05) is 20.0 Å². The van der Waals surface area contributed by atoms with Crippen molar-refractivity contribution in [3.8, 4) is 28.4 Å². The summed E-state index contributed by atoms with van der Waals surface area (Å²) in [5.41, 5.74) is 6.82. The molecule has 0 spiro atoms. The fourth-order valence-corrected chi connectivity index (χ4v) is 1.57. The quantitative estimate of drug-likeness (QED) is 0.841. The molecule has 0 fully saturated rings. The number of ether oxygens (including phenoxy) is 2. The molecule has 0 amide bonds. The summed E-state index contributed by atoms with van der Waals surface area (Å²) in [6.45, 7) is 0. The molecule has 0 atom stereocenters. The molecule has 0 saturated carbocycles. The lowest BCUT2D eigenvalue weighted by atomic mass is 10.1. The minimum absolute atomic E-state index is 0.0394. The molecule has 6 heteroatoms. The average molecular weight is 236 g/mol. The molecular weight excluding hydrogens is 224 g/mol. The number of anilines is 1. The summed E-state index contributed by atoms with van der Waals surface area (Å²) < 4.78 is 14.9. The summed E-state index contributed by atoms with van der Waals surface area (Å²) in [4.78, 5) is 0. The monoisotopic (exact) mass is 236 g/mol. The van der Waals surface area contributed by atoms with Gasteiger partial charge in [0, 0.05) is 0 Å². The van der Waals surface area contributed by atoms with Gasteiger partial charge >= 0.3 is 0 Å². The van der Waals surface area contributed by atoms with Crippen LogP contribution in [0.3, 0.4) is 0 Å². The number of aromatic nitrogens is 1. The number of methoxy groups -OCH3 is 2. The second kappa shape index (κ2) is 4.25. The van der Waals surface area contributed by atoms with Crippen LogP contribution >= 0.6 is 0 Å². The lowest BCUT2D eigenvalue weighted by molar-refractivity contribution is 0.333. The molecule has 90 valence electrons. The van der Waals surface area contributed by atoms with E-state index in [1.807, 2.05) is 0 Å². The smallest absolute Gasteiger partial charge is 0.229 e. The maximum atomic E-state index is 9.80. The number of aromatic hydroxyl groups is 1. The number of benzene rings is 1. The van der Waals surface area contributed by atoms with Crippen molar-refractivity contribution in [3.05, 3.63) is 18.3 Å². The fourth-order valence-electron chi connectivity index (χ4n) is 1.57. The Morgan fingerprint density at radius 1 is 1.29 bits per heavy atom. The third kappa shape index (κ3) is 1.84. The number of phenolic OH excluding ortho intramolecular Hbond substituents is 1. The van der Waals surface area contributed by atoms with Crippen LogP contribution in [-0.4, -0.2) is 24.5 Å². The Hall–Kier alpha value is -2.37. The molecule has 2 aromatic rings. The Labute approximate surface area is 97.5 Å². The summed E-state index contributed by atoms with van der Waals surface area (Å²) in [6, 6.07) is 3.19. The van der Waals surface area contributed by atoms with Crippen molar-refractivity contribution in [1.29, 1.82) is 0 Å². The van der Waals surface area contributed by atoms with E-state index in [9.17, 15) is 5.11 Å². The molecule has 2 rings (SSSR count). The molecule has 0 unspecified atom stereocenters. The van der Waals surface area contributed by atoms with Crippen molar-refractivity contribution >= 4 is 5.88 Å². The first-order valence-corrected chi connectivity index (χ1v) is 4.83. The molecular formula is C11H12N2O4. The summed E-state index contributed by atoms with van der Waals surface area (Å²) in [6.07, 6.45) is 1.47. The molecule has 0 aliphatic carbocycles. The highest BCUT2D eigenvalue weighted by atomic mass is 16.5. The van der Waals surface area contributed by atoms with Gasteiger partial charge in [0.1, 0.15) is 0 Å². The number of nitrogens with zero attached hydrogens (tertiary/aromatic N) is 1. The van der Waals surface area contributed by atoms with Gasteiger partial charge in [-0.1, -0.05) is 5.16 Å². The van der Waals surface area contributed by atoms with Crippen LogP contribution in [-0.2, 0) is 0 Å². The zero-order valence-electron chi connectivity index (χ0n) is 9.43. The van der Waals surface area contributed by atoms with Crippen molar-refractivity contribution in [1.82, 2.24) is 5.16 Å². The van der Waals surface area contributed by atoms with Crippen LogP contribution in [0.1, 0.15) is 0 Å². The minimum Gasteiger partial charge on any atom is -0.504 e. The predicted molar refractivity (Wildman–Crippen MR) is 61.1 cm³/mol. The van der Waals surface area contributed by atoms with E-state index >= 15 is 0 Å². The highest BCUT2D eigenvalue weighted by Crippen LogP contribution is 2.41. The Kier molecular flexibility index (Phi) is 2.78. The van der Waals surface area contributed by atoms with E-state index in [1.165, 1.54) is 26.5 Å². The first-order valence-electron chi connectivity index (χ1n) is 4.83. The van der Waals surface area contributed by atoms with Crippen molar-refractivity contribution in [3.63, 3.8) is 0 Å². The topological polar surface area (TPSA) is 90.7 Å². The fraction of sp³-hybridized carbons (Fsp3) is 0.182. The van der Waals surface area contributed by atoms with Gasteiger partial charge in [0.05, 0.1) is 26.0 Å². The van der Waals surface area contributed by atoms with E-state index in [0.717, 1.165) is 0 Å². The first-order chi connectivity index (χ1) is 8.17.